The van der Waals surface area contributed by atoms with Crippen LogP contribution in [-0.2, 0) is 21.4 Å². The summed E-state index contributed by atoms with van der Waals surface area (Å²) < 4.78 is 28.0. The summed E-state index contributed by atoms with van der Waals surface area (Å²) >= 11 is 0. The van der Waals surface area contributed by atoms with Crippen LogP contribution in [0, 0.1) is 5.92 Å². The standard InChI is InChI=1S/C12H20N4O4S/c17-12(18)10-3-2-8-16(9-10)21(19,20)15-5-1-4-11-13-6-7-14-11/h6-7,10,15H,1-5,8-9H2,(H,13,14)(H,17,18). The molecule has 1 saturated heterocycles. The molecule has 1 aliphatic rings. The van der Waals surface area contributed by atoms with E-state index in [1.165, 1.54) is 4.31 Å². The quantitative estimate of drug-likeness (QED) is 0.611. The van der Waals surface area contributed by atoms with Crippen LogP contribution in [-0.4, -0.2) is 53.4 Å². The van der Waals surface area contributed by atoms with Crippen molar-refractivity contribution in [3.63, 3.8) is 0 Å². The van der Waals surface area contributed by atoms with Crippen LogP contribution in [0.3, 0.4) is 0 Å². The first kappa shape index (κ1) is 15.9. The molecule has 1 aromatic heterocycles. The molecule has 0 aromatic carbocycles. The van der Waals surface area contributed by atoms with E-state index >= 15 is 0 Å². The highest BCUT2D eigenvalue weighted by molar-refractivity contribution is 7.87. The molecule has 1 aromatic rings. The smallest absolute Gasteiger partial charge is 0.307 e. The number of H-pyrrole nitrogens is 1. The highest BCUT2D eigenvalue weighted by Crippen LogP contribution is 2.18. The Morgan fingerprint density at radius 2 is 2.38 bits per heavy atom. The van der Waals surface area contributed by atoms with Crippen molar-refractivity contribution in [3.8, 4) is 0 Å². The van der Waals surface area contributed by atoms with Crippen molar-refractivity contribution < 1.29 is 18.3 Å². The number of carboxylic acid groups (broad SMARTS) is 1. The fourth-order valence-corrected chi connectivity index (χ4v) is 3.68. The Bertz CT molecular complexity index is 558. The van der Waals surface area contributed by atoms with E-state index in [1.807, 2.05) is 0 Å². The maximum Gasteiger partial charge on any atom is 0.307 e. The Balaban J connectivity index is 1.79. The summed E-state index contributed by atoms with van der Waals surface area (Å²) in [5.41, 5.74) is 0. The van der Waals surface area contributed by atoms with Gasteiger partial charge in [0.05, 0.1) is 5.92 Å². The minimum Gasteiger partial charge on any atom is -0.481 e. The van der Waals surface area contributed by atoms with Gasteiger partial charge in [-0.05, 0) is 19.3 Å². The van der Waals surface area contributed by atoms with E-state index in [4.69, 9.17) is 5.11 Å². The lowest BCUT2D eigenvalue weighted by Gasteiger charge is -2.29. The van der Waals surface area contributed by atoms with Crippen LogP contribution < -0.4 is 4.72 Å². The largest absolute Gasteiger partial charge is 0.481 e. The number of aromatic nitrogens is 2. The van der Waals surface area contributed by atoms with Crippen LogP contribution in [0.1, 0.15) is 25.1 Å². The molecule has 118 valence electrons. The molecule has 1 atom stereocenters. The SMILES string of the molecule is O=C(O)C1CCCN(S(=O)(=O)NCCCc2ncc[nH]2)C1. The second-order valence-electron chi connectivity index (χ2n) is 5.07. The first-order valence-electron chi connectivity index (χ1n) is 6.95. The Labute approximate surface area is 123 Å². The van der Waals surface area contributed by atoms with Crippen molar-refractivity contribution in [1.29, 1.82) is 0 Å². The Kier molecular flexibility index (Phi) is 5.32. The Hall–Kier alpha value is -1.45. The number of nitrogens with zero attached hydrogens (tertiary/aromatic N) is 2. The zero-order valence-electron chi connectivity index (χ0n) is 11.7. The highest BCUT2D eigenvalue weighted by Gasteiger charge is 2.31. The lowest BCUT2D eigenvalue weighted by molar-refractivity contribution is -0.142. The molecule has 1 aliphatic heterocycles. The monoisotopic (exact) mass is 316 g/mol. The molecule has 0 radical (unpaired) electrons. The van der Waals surface area contributed by atoms with Gasteiger partial charge in [-0.3, -0.25) is 4.79 Å². The molecule has 2 rings (SSSR count). The van der Waals surface area contributed by atoms with Gasteiger partial charge in [0, 0.05) is 38.4 Å². The van der Waals surface area contributed by atoms with Crippen molar-refractivity contribution in [3.05, 3.63) is 18.2 Å². The summed E-state index contributed by atoms with van der Waals surface area (Å²) in [7, 11) is -3.60. The van der Waals surface area contributed by atoms with Gasteiger partial charge >= 0.3 is 5.97 Å². The molecule has 2 heterocycles. The zero-order valence-corrected chi connectivity index (χ0v) is 12.5. The van der Waals surface area contributed by atoms with Gasteiger partial charge in [0.25, 0.3) is 10.2 Å². The number of aryl methyl sites for hydroxylation is 1. The van der Waals surface area contributed by atoms with Crippen LogP contribution in [0.15, 0.2) is 12.4 Å². The summed E-state index contributed by atoms with van der Waals surface area (Å²) in [4.78, 5) is 18.0. The number of nitrogens with one attached hydrogen (secondary N) is 2. The van der Waals surface area contributed by atoms with E-state index < -0.39 is 22.1 Å². The predicted octanol–water partition coefficient (Wildman–Crippen LogP) is -0.0267. The average Bonchev–Trinajstić information content (AvgIpc) is 2.97. The first-order chi connectivity index (χ1) is 9.99. The number of carbonyl (C=O) groups is 1. The van der Waals surface area contributed by atoms with Gasteiger partial charge in [0.2, 0.25) is 0 Å². The number of aromatic amines is 1. The van der Waals surface area contributed by atoms with Gasteiger partial charge in [-0.25, -0.2) is 9.71 Å². The van der Waals surface area contributed by atoms with Crippen molar-refractivity contribution in [2.24, 2.45) is 5.92 Å². The Morgan fingerprint density at radius 1 is 1.57 bits per heavy atom. The lowest BCUT2D eigenvalue weighted by atomic mass is 10.0. The number of imidazole rings is 1. The van der Waals surface area contributed by atoms with Crippen molar-refractivity contribution in [2.45, 2.75) is 25.7 Å². The molecule has 21 heavy (non-hydrogen) atoms. The van der Waals surface area contributed by atoms with Crippen molar-refractivity contribution in [2.75, 3.05) is 19.6 Å². The number of carboxylic acids is 1. The molecule has 1 unspecified atom stereocenters. The molecule has 0 spiro atoms. The van der Waals surface area contributed by atoms with Gasteiger partial charge in [-0.1, -0.05) is 0 Å². The van der Waals surface area contributed by atoms with E-state index in [1.54, 1.807) is 12.4 Å². The van der Waals surface area contributed by atoms with Gasteiger partial charge < -0.3 is 10.1 Å². The highest BCUT2D eigenvalue weighted by atomic mass is 32.2. The first-order valence-corrected chi connectivity index (χ1v) is 8.39. The molecular formula is C12H20N4O4S. The third-order valence-electron chi connectivity index (χ3n) is 3.50. The van der Waals surface area contributed by atoms with Crippen molar-refractivity contribution >= 4 is 16.2 Å². The molecule has 0 bridgehead atoms. The molecule has 1 fully saturated rings. The zero-order chi connectivity index (χ0) is 15.3. The maximum atomic E-state index is 12.1. The third-order valence-corrected chi connectivity index (χ3v) is 5.08. The molecule has 8 nitrogen and oxygen atoms in total. The molecule has 3 N–H and O–H groups in total. The van der Waals surface area contributed by atoms with E-state index in [2.05, 4.69) is 14.7 Å². The fraction of sp³-hybridized carbons (Fsp3) is 0.667. The van der Waals surface area contributed by atoms with E-state index in [0.717, 1.165) is 5.82 Å². The summed E-state index contributed by atoms with van der Waals surface area (Å²) in [5.74, 6) is -0.732. The van der Waals surface area contributed by atoms with Gasteiger partial charge in [0.1, 0.15) is 5.82 Å². The van der Waals surface area contributed by atoms with Crippen LogP contribution in [0.25, 0.3) is 0 Å². The fourth-order valence-electron chi connectivity index (χ4n) is 2.35. The second kappa shape index (κ2) is 7.01. The number of hydrogen-bond donors (Lipinski definition) is 3. The molecule has 9 heteroatoms. The van der Waals surface area contributed by atoms with Gasteiger partial charge in [-0.15, -0.1) is 0 Å². The van der Waals surface area contributed by atoms with Crippen LogP contribution in [0.2, 0.25) is 0 Å². The van der Waals surface area contributed by atoms with E-state index in [-0.39, 0.29) is 6.54 Å². The van der Waals surface area contributed by atoms with Gasteiger partial charge in [0.15, 0.2) is 0 Å². The van der Waals surface area contributed by atoms with Gasteiger partial charge in [-0.2, -0.15) is 12.7 Å². The summed E-state index contributed by atoms with van der Waals surface area (Å²) in [6.07, 6.45) is 5.76. The second-order valence-corrected chi connectivity index (χ2v) is 6.83. The number of piperidine rings is 1. The third kappa shape index (κ3) is 4.51. The average molecular weight is 316 g/mol. The number of aliphatic carboxylic acids is 1. The molecule has 0 saturated carbocycles. The van der Waals surface area contributed by atoms with Crippen LogP contribution in [0.4, 0.5) is 0 Å². The number of rotatable bonds is 7. The molecule has 0 amide bonds. The van der Waals surface area contributed by atoms with Crippen molar-refractivity contribution in [1.82, 2.24) is 19.0 Å². The Morgan fingerprint density at radius 3 is 3.05 bits per heavy atom. The van der Waals surface area contributed by atoms with E-state index in [0.29, 0.717) is 38.8 Å². The molecular weight excluding hydrogens is 296 g/mol. The summed E-state index contributed by atoms with van der Waals surface area (Å²) in [6.45, 7) is 0.720. The molecule has 0 aliphatic carbocycles. The minimum absolute atomic E-state index is 0.0445. The lowest BCUT2D eigenvalue weighted by Crippen LogP contribution is -2.47. The topological polar surface area (TPSA) is 115 Å². The summed E-state index contributed by atoms with van der Waals surface area (Å²) in [6, 6.07) is 0. The maximum absolute atomic E-state index is 12.1. The van der Waals surface area contributed by atoms with E-state index in [9.17, 15) is 13.2 Å². The minimum atomic E-state index is -3.60. The number of hydrogen-bond acceptors (Lipinski definition) is 4. The van der Waals surface area contributed by atoms with Crippen LogP contribution >= 0.6 is 0 Å². The normalized spacial score (nSPS) is 20.5. The van der Waals surface area contributed by atoms with Crippen LogP contribution in [0.5, 0.6) is 0 Å². The predicted molar refractivity (Wildman–Crippen MR) is 75.8 cm³/mol. The summed E-state index contributed by atoms with van der Waals surface area (Å²) in [5, 5.41) is 8.99.